The highest BCUT2D eigenvalue weighted by Crippen LogP contribution is 2.23. The van der Waals surface area contributed by atoms with Gasteiger partial charge >= 0.3 is 0 Å². The number of anilines is 2. The van der Waals surface area contributed by atoms with Crippen LogP contribution in [0.2, 0.25) is 0 Å². The van der Waals surface area contributed by atoms with Gasteiger partial charge in [0.25, 0.3) is 0 Å². The van der Waals surface area contributed by atoms with Gasteiger partial charge in [-0.1, -0.05) is 48.8 Å². The summed E-state index contributed by atoms with van der Waals surface area (Å²) in [4.78, 5) is 12.0. The molecule has 0 aliphatic carbocycles. The minimum Gasteiger partial charge on any atom is -0.376 e. The van der Waals surface area contributed by atoms with E-state index in [9.17, 15) is 4.79 Å². The quantitative estimate of drug-likeness (QED) is 0.780. The Morgan fingerprint density at radius 2 is 1.65 bits per heavy atom. The Bertz CT molecular complexity index is 688. The average Bonchev–Trinajstić information content (AvgIpc) is 2.48. The summed E-state index contributed by atoms with van der Waals surface area (Å²) in [5, 5.41) is 6.04. The van der Waals surface area contributed by atoms with Gasteiger partial charge in [-0.3, -0.25) is 4.79 Å². The minimum absolute atomic E-state index is 0.0633. The van der Waals surface area contributed by atoms with E-state index in [4.69, 9.17) is 0 Å². The summed E-state index contributed by atoms with van der Waals surface area (Å²) in [6.45, 7) is 8.79. The van der Waals surface area contributed by atoms with Crippen LogP contribution in [0.1, 0.15) is 31.9 Å². The van der Waals surface area contributed by atoms with E-state index in [0.29, 0.717) is 0 Å². The maximum absolute atomic E-state index is 12.0. The molecule has 2 aromatic carbocycles. The molecule has 0 saturated heterocycles. The number of amides is 1. The smallest absolute Gasteiger partial charge is 0.243 e. The van der Waals surface area contributed by atoms with Crippen LogP contribution >= 0.6 is 15.9 Å². The Balaban J connectivity index is 1.90. The fourth-order valence-corrected chi connectivity index (χ4v) is 2.44. The van der Waals surface area contributed by atoms with Crippen molar-refractivity contribution < 1.29 is 4.79 Å². The van der Waals surface area contributed by atoms with Crippen molar-refractivity contribution in [3.05, 3.63) is 58.1 Å². The van der Waals surface area contributed by atoms with Gasteiger partial charge in [0.1, 0.15) is 0 Å². The number of benzene rings is 2. The van der Waals surface area contributed by atoms with Crippen LogP contribution in [0.4, 0.5) is 11.4 Å². The van der Waals surface area contributed by atoms with E-state index < -0.39 is 0 Å². The Morgan fingerprint density at radius 1 is 1.04 bits per heavy atom. The molecule has 2 rings (SSSR count). The molecule has 0 fully saturated rings. The minimum atomic E-state index is -0.0633. The second-order valence-corrected chi connectivity index (χ2v) is 7.55. The number of carbonyl (C=O) groups is 1. The van der Waals surface area contributed by atoms with Crippen molar-refractivity contribution in [2.75, 3.05) is 17.2 Å². The van der Waals surface area contributed by atoms with E-state index in [-0.39, 0.29) is 17.9 Å². The molecular weight excluding hydrogens is 352 g/mol. The lowest BCUT2D eigenvalue weighted by atomic mass is 9.87. The summed E-state index contributed by atoms with van der Waals surface area (Å²) in [5.41, 5.74) is 4.25. The second kappa shape index (κ2) is 7.18. The van der Waals surface area contributed by atoms with Crippen LogP contribution in [0.5, 0.6) is 0 Å². The van der Waals surface area contributed by atoms with Crippen LogP contribution in [0.3, 0.4) is 0 Å². The predicted molar refractivity (Wildman–Crippen MR) is 101 cm³/mol. The first-order valence-electron chi connectivity index (χ1n) is 7.66. The van der Waals surface area contributed by atoms with Crippen LogP contribution in [-0.4, -0.2) is 12.5 Å². The average molecular weight is 375 g/mol. The zero-order chi connectivity index (χ0) is 17.0. The monoisotopic (exact) mass is 374 g/mol. The lowest BCUT2D eigenvalue weighted by Crippen LogP contribution is -2.21. The standard InChI is InChI=1S/C19H23BrN2O/c1-13-11-16(9-10-17(13)20)22-18(23)12-21-15-7-5-14(6-8-15)19(2,3)4/h5-11,21H,12H2,1-4H3,(H,22,23). The van der Waals surface area contributed by atoms with Gasteiger partial charge < -0.3 is 10.6 Å². The molecule has 2 aromatic rings. The van der Waals surface area contributed by atoms with Gasteiger partial charge in [0.05, 0.1) is 6.54 Å². The van der Waals surface area contributed by atoms with Gasteiger partial charge in [-0.15, -0.1) is 0 Å². The molecule has 0 radical (unpaired) electrons. The molecule has 2 N–H and O–H groups in total. The van der Waals surface area contributed by atoms with Gasteiger partial charge in [0.15, 0.2) is 0 Å². The number of hydrogen-bond donors (Lipinski definition) is 2. The lowest BCUT2D eigenvalue weighted by Gasteiger charge is -2.19. The van der Waals surface area contributed by atoms with Gasteiger partial charge in [-0.2, -0.15) is 0 Å². The van der Waals surface area contributed by atoms with Crippen molar-refractivity contribution in [3.63, 3.8) is 0 Å². The van der Waals surface area contributed by atoms with E-state index in [1.54, 1.807) is 0 Å². The highest BCUT2D eigenvalue weighted by atomic mass is 79.9. The van der Waals surface area contributed by atoms with E-state index in [0.717, 1.165) is 21.4 Å². The van der Waals surface area contributed by atoms with Crippen LogP contribution in [0.15, 0.2) is 46.9 Å². The van der Waals surface area contributed by atoms with E-state index in [2.05, 4.69) is 59.5 Å². The predicted octanol–water partition coefficient (Wildman–Crippen LogP) is 5.11. The molecule has 0 unspecified atom stereocenters. The van der Waals surface area contributed by atoms with Crippen LogP contribution in [0, 0.1) is 6.92 Å². The van der Waals surface area contributed by atoms with E-state index in [1.807, 2.05) is 37.3 Å². The zero-order valence-corrected chi connectivity index (χ0v) is 15.6. The summed E-state index contributed by atoms with van der Waals surface area (Å²) in [7, 11) is 0. The molecule has 0 atom stereocenters. The summed E-state index contributed by atoms with van der Waals surface area (Å²) < 4.78 is 1.03. The second-order valence-electron chi connectivity index (χ2n) is 6.69. The fraction of sp³-hybridized carbons (Fsp3) is 0.316. The van der Waals surface area contributed by atoms with Crippen LogP contribution < -0.4 is 10.6 Å². The first-order valence-corrected chi connectivity index (χ1v) is 8.45. The molecule has 0 bridgehead atoms. The molecule has 0 saturated carbocycles. The first-order chi connectivity index (χ1) is 10.8. The first kappa shape index (κ1) is 17.5. The maximum Gasteiger partial charge on any atom is 0.243 e. The highest BCUT2D eigenvalue weighted by Gasteiger charge is 2.12. The van der Waals surface area contributed by atoms with Crippen molar-refractivity contribution in [2.24, 2.45) is 0 Å². The molecule has 23 heavy (non-hydrogen) atoms. The number of nitrogens with one attached hydrogen (secondary N) is 2. The van der Waals surface area contributed by atoms with Crippen molar-refractivity contribution >= 4 is 33.2 Å². The molecule has 3 nitrogen and oxygen atoms in total. The van der Waals surface area contributed by atoms with Crippen LogP contribution in [-0.2, 0) is 10.2 Å². The summed E-state index contributed by atoms with van der Waals surface area (Å²) in [6.07, 6.45) is 0. The molecule has 0 aliphatic heterocycles. The number of carbonyl (C=O) groups excluding carboxylic acids is 1. The number of aryl methyl sites for hydroxylation is 1. The number of hydrogen-bond acceptors (Lipinski definition) is 2. The van der Waals surface area contributed by atoms with Crippen LogP contribution in [0.25, 0.3) is 0 Å². The maximum atomic E-state index is 12.0. The van der Waals surface area contributed by atoms with Gasteiger partial charge in [-0.05, 0) is 53.8 Å². The topological polar surface area (TPSA) is 41.1 Å². The van der Waals surface area contributed by atoms with Gasteiger partial charge in [0, 0.05) is 15.8 Å². The van der Waals surface area contributed by atoms with Gasteiger partial charge in [0.2, 0.25) is 5.91 Å². The Hall–Kier alpha value is -1.81. The third-order valence-electron chi connectivity index (χ3n) is 3.65. The third-order valence-corrected chi connectivity index (χ3v) is 4.54. The van der Waals surface area contributed by atoms with Crippen molar-refractivity contribution in [2.45, 2.75) is 33.1 Å². The molecule has 122 valence electrons. The molecule has 1 amide bonds. The number of rotatable bonds is 4. The van der Waals surface area contributed by atoms with E-state index >= 15 is 0 Å². The van der Waals surface area contributed by atoms with Crippen molar-refractivity contribution in [3.8, 4) is 0 Å². The molecule has 0 heterocycles. The normalized spacial score (nSPS) is 11.2. The fourth-order valence-electron chi connectivity index (χ4n) is 2.20. The molecule has 4 heteroatoms. The van der Waals surface area contributed by atoms with E-state index in [1.165, 1.54) is 5.56 Å². The third kappa shape index (κ3) is 5.10. The van der Waals surface area contributed by atoms with Crippen molar-refractivity contribution in [1.29, 1.82) is 0 Å². The Labute approximate surface area is 146 Å². The SMILES string of the molecule is Cc1cc(NC(=O)CNc2ccc(C(C)(C)C)cc2)ccc1Br. The largest absolute Gasteiger partial charge is 0.376 e. The summed E-state index contributed by atoms with van der Waals surface area (Å²) in [6, 6.07) is 14.0. The summed E-state index contributed by atoms with van der Waals surface area (Å²) in [5.74, 6) is -0.0633. The highest BCUT2D eigenvalue weighted by molar-refractivity contribution is 9.10. The lowest BCUT2D eigenvalue weighted by molar-refractivity contribution is -0.114. The summed E-state index contributed by atoms with van der Waals surface area (Å²) >= 11 is 3.45. The Morgan fingerprint density at radius 3 is 2.22 bits per heavy atom. The van der Waals surface area contributed by atoms with Crippen molar-refractivity contribution in [1.82, 2.24) is 0 Å². The number of halogens is 1. The molecule has 0 aliphatic rings. The Kier molecular flexibility index (Phi) is 5.47. The zero-order valence-electron chi connectivity index (χ0n) is 14.0. The molecular formula is C19H23BrN2O. The molecule has 0 spiro atoms. The molecule has 0 aromatic heterocycles. The van der Waals surface area contributed by atoms with Gasteiger partial charge in [-0.25, -0.2) is 0 Å².